The lowest BCUT2D eigenvalue weighted by Crippen LogP contribution is -2.19. The Balaban J connectivity index is 1.52. The van der Waals surface area contributed by atoms with E-state index in [0.29, 0.717) is 6.10 Å². The van der Waals surface area contributed by atoms with Crippen molar-refractivity contribution in [1.82, 2.24) is 20.5 Å². The molecule has 0 amide bonds. The minimum atomic E-state index is 0.449. The van der Waals surface area contributed by atoms with Crippen LogP contribution in [0.5, 0.6) is 0 Å². The molecule has 1 aliphatic heterocycles. The third-order valence-electron chi connectivity index (χ3n) is 3.65. The van der Waals surface area contributed by atoms with Gasteiger partial charge >= 0.3 is 0 Å². The summed E-state index contributed by atoms with van der Waals surface area (Å²) in [6, 6.07) is 3.97. The number of H-pyrrole nitrogens is 1. The van der Waals surface area contributed by atoms with Gasteiger partial charge in [0, 0.05) is 36.7 Å². The average Bonchev–Trinajstić information content (AvgIpc) is 3.16. The van der Waals surface area contributed by atoms with E-state index in [-0.39, 0.29) is 0 Å². The van der Waals surface area contributed by atoms with Crippen molar-refractivity contribution >= 4 is 0 Å². The van der Waals surface area contributed by atoms with Gasteiger partial charge in [-0.15, -0.1) is 0 Å². The van der Waals surface area contributed by atoms with Gasteiger partial charge in [-0.3, -0.25) is 10.1 Å². The van der Waals surface area contributed by atoms with Crippen molar-refractivity contribution in [2.24, 2.45) is 0 Å². The van der Waals surface area contributed by atoms with E-state index >= 15 is 0 Å². The van der Waals surface area contributed by atoms with Crippen molar-refractivity contribution in [2.45, 2.75) is 31.9 Å². The molecule has 1 saturated heterocycles. The zero-order valence-corrected chi connectivity index (χ0v) is 11.5. The molecular weight excluding hydrogens is 252 g/mol. The fourth-order valence-corrected chi connectivity index (χ4v) is 2.56. The highest BCUT2D eigenvalue weighted by atomic mass is 16.5. The van der Waals surface area contributed by atoms with E-state index < -0.39 is 0 Å². The Hall–Kier alpha value is -1.72. The van der Waals surface area contributed by atoms with Gasteiger partial charge in [-0.1, -0.05) is 0 Å². The fraction of sp³-hybridized carbons (Fsp3) is 0.467. The maximum Gasteiger partial charge on any atom is 0.0710 e. The molecule has 5 heteroatoms. The minimum absolute atomic E-state index is 0.449. The molecule has 1 aliphatic rings. The molecule has 0 spiro atoms. The van der Waals surface area contributed by atoms with Crippen molar-refractivity contribution in [2.75, 3.05) is 13.2 Å². The third-order valence-corrected chi connectivity index (χ3v) is 3.65. The van der Waals surface area contributed by atoms with Crippen LogP contribution < -0.4 is 5.32 Å². The van der Waals surface area contributed by atoms with Gasteiger partial charge in [-0.05, 0) is 37.9 Å². The van der Waals surface area contributed by atoms with Crippen molar-refractivity contribution in [3.63, 3.8) is 0 Å². The summed E-state index contributed by atoms with van der Waals surface area (Å²) in [6.45, 7) is 2.72. The number of pyridine rings is 1. The smallest absolute Gasteiger partial charge is 0.0710 e. The minimum Gasteiger partial charge on any atom is -0.378 e. The number of aromatic nitrogens is 3. The fourth-order valence-electron chi connectivity index (χ4n) is 2.56. The topological polar surface area (TPSA) is 62.8 Å². The van der Waals surface area contributed by atoms with Crippen LogP contribution in [0, 0.1) is 0 Å². The highest BCUT2D eigenvalue weighted by molar-refractivity contribution is 5.61. The molecule has 0 radical (unpaired) electrons. The van der Waals surface area contributed by atoms with Gasteiger partial charge in [-0.25, -0.2) is 0 Å². The normalized spacial score (nSPS) is 18.5. The molecule has 1 fully saturated rings. The molecule has 2 aromatic rings. The van der Waals surface area contributed by atoms with E-state index in [9.17, 15) is 0 Å². The molecule has 0 unspecified atom stereocenters. The van der Waals surface area contributed by atoms with Crippen molar-refractivity contribution in [3.8, 4) is 11.3 Å². The second kappa shape index (κ2) is 6.63. The number of ether oxygens (including phenoxy) is 1. The average molecular weight is 272 g/mol. The molecule has 3 rings (SSSR count). The Kier molecular flexibility index (Phi) is 4.40. The zero-order valence-electron chi connectivity index (χ0n) is 11.5. The third kappa shape index (κ3) is 3.23. The van der Waals surface area contributed by atoms with Gasteiger partial charge in [0.05, 0.1) is 18.0 Å². The van der Waals surface area contributed by atoms with Crippen LogP contribution in [0.1, 0.15) is 24.8 Å². The molecule has 5 nitrogen and oxygen atoms in total. The van der Waals surface area contributed by atoms with E-state index in [4.69, 9.17) is 4.74 Å². The van der Waals surface area contributed by atoms with Crippen LogP contribution in [-0.2, 0) is 11.3 Å². The maximum absolute atomic E-state index is 5.62. The second-order valence-corrected chi connectivity index (χ2v) is 5.11. The van der Waals surface area contributed by atoms with Gasteiger partial charge < -0.3 is 10.1 Å². The summed E-state index contributed by atoms with van der Waals surface area (Å²) in [5.41, 5.74) is 3.29. The molecule has 3 heterocycles. The summed E-state index contributed by atoms with van der Waals surface area (Å²) >= 11 is 0. The van der Waals surface area contributed by atoms with E-state index in [2.05, 4.69) is 20.5 Å². The molecule has 1 atom stereocenters. The van der Waals surface area contributed by atoms with E-state index in [0.717, 1.165) is 37.4 Å². The molecule has 2 N–H and O–H groups in total. The van der Waals surface area contributed by atoms with Crippen LogP contribution in [0.3, 0.4) is 0 Å². The van der Waals surface area contributed by atoms with E-state index in [1.165, 1.54) is 18.4 Å². The van der Waals surface area contributed by atoms with Crippen LogP contribution in [0.15, 0.2) is 30.7 Å². The first-order chi connectivity index (χ1) is 9.93. The molecular formula is C15H20N4O. The molecule has 106 valence electrons. The Morgan fingerprint density at radius 3 is 3.20 bits per heavy atom. The molecule has 0 saturated carbocycles. The summed E-state index contributed by atoms with van der Waals surface area (Å²) in [5.74, 6) is 0. The summed E-state index contributed by atoms with van der Waals surface area (Å²) in [6.07, 6.45) is 9.44. The Morgan fingerprint density at radius 2 is 2.40 bits per heavy atom. The summed E-state index contributed by atoms with van der Waals surface area (Å²) in [4.78, 5) is 4.15. The van der Waals surface area contributed by atoms with Crippen LogP contribution in [0.25, 0.3) is 11.3 Å². The molecule has 2 aromatic heterocycles. The van der Waals surface area contributed by atoms with Crippen LogP contribution in [0.4, 0.5) is 0 Å². The summed E-state index contributed by atoms with van der Waals surface area (Å²) in [7, 11) is 0. The maximum atomic E-state index is 5.62. The van der Waals surface area contributed by atoms with Gasteiger partial charge in [-0.2, -0.15) is 5.10 Å². The van der Waals surface area contributed by atoms with Gasteiger partial charge in [0.15, 0.2) is 0 Å². The van der Waals surface area contributed by atoms with Gasteiger partial charge in [0.25, 0.3) is 0 Å². The number of hydrogen-bond acceptors (Lipinski definition) is 4. The molecule has 0 aromatic carbocycles. The number of nitrogens with zero attached hydrogens (tertiary/aromatic N) is 2. The van der Waals surface area contributed by atoms with Gasteiger partial charge in [0.1, 0.15) is 0 Å². The standard InChI is InChI=1S/C15H20N4O/c1-3-12(9-16-6-1)15-13(11-18-19-15)10-17-7-5-14-4-2-8-20-14/h1,3,6,9,11,14,17H,2,4-5,7-8,10H2,(H,18,19)/t14-/m1/s1. The highest BCUT2D eigenvalue weighted by Crippen LogP contribution is 2.19. The zero-order chi connectivity index (χ0) is 13.6. The quantitative estimate of drug-likeness (QED) is 0.791. The predicted octanol–water partition coefficient (Wildman–Crippen LogP) is 2.13. The SMILES string of the molecule is c1cncc(-c2[nH]ncc2CNCC[C@H]2CCCO2)c1. The molecule has 0 bridgehead atoms. The monoisotopic (exact) mass is 272 g/mol. The first kappa shape index (κ1) is 13.3. The number of rotatable bonds is 6. The van der Waals surface area contributed by atoms with E-state index in [1.54, 1.807) is 6.20 Å². The second-order valence-electron chi connectivity index (χ2n) is 5.11. The molecule has 0 aliphatic carbocycles. The lowest BCUT2D eigenvalue weighted by atomic mass is 10.1. The predicted molar refractivity (Wildman–Crippen MR) is 77.1 cm³/mol. The number of aromatic amines is 1. The Labute approximate surface area is 118 Å². The first-order valence-corrected chi connectivity index (χ1v) is 7.18. The number of nitrogens with one attached hydrogen (secondary N) is 2. The van der Waals surface area contributed by atoms with E-state index in [1.807, 2.05) is 24.5 Å². The van der Waals surface area contributed by atoms with Crippen molar-refractivity contribution in [1.29, 1.82) is 0 Å². The number of hydrogen-bond donors (Lipinski definition) is 2. The lowest BCUT2D eigenvalue weighted by molar-refractivity contribution is 0.104. The summed E-state index contributed by atoms with van der Waals surface area (Å²) in [5, 5.41) is 10.7. The van der Waals surface area contributed by atoms with Gasteiger partial charge in [0.2, 0.25) is 0 Å². The summed E-state index contributed by atoms with van der Waals surface area (Å²) < 4.78 is 5.62. The Morgan fingerprint density at radius 1 is 1.40 bits per heavy atom. The molecule has 20 heavy (non-hydrogen) atoms. The largest absolute Gasteiger partial charge is 0.378 e. The van der Waals surface area contributed by atoms with Crippen LogP contribution >= 0.6 is 0 Å². The van der Waals surface area contributed by atoms with Crippen LogP contribution in [-0.4, -0.2) is 34.4 Å². The Bertz CT molecular complexity index is 520. The first-order valence-electron chi connectivity index (χ1n) is 7.18. The lowest BCUT2D eigenvalue weighted by Gasteiger charge is -2.10. The van der Waals surface area contributed by atoms with Crippen molar-refractivity contribution < 1.29 is 4.74 Å². The van der Waals surface area contributed by atoms with Crippen molar-refractivity contribution in [3.05, 3.63) is 36.3 Å². The highest BCUT2D eigenvalue weighted by Gasteiger charge is 2.14. The van der Waals surface area contributed by atoms with Crippen LogP contribution in [0.2, 0.25) is 0 Å².